The summed E-state index contributed by atoms with van der Waals surface area (Å²) < 4.78 is 161. The number of hydrogen-bond donors (Lipinski definition) is 2. The molecule has 12 aromatic rings. The van der Waals surface area contributed by atoms with Crippen molar-refractivity contribution in [1.29, 1.82) is 0 Å². The molecule has 0 aliphatic carbocycles. The second-order valence-corrected chi connectivity index (χ2v) is 17.7. The van der Waals surface area contributed by atoms with Gasteiger partial charge in [-0.15, -0.1) is 102 Å². The maximum absolute atomic E-state index is 9.08. The SMILES string of the molecule is C.CC#CC.CO.CO.CS(=O)(=O)[O-].Cc1ccc(-c2[c-]cccc2)nc1.Cc1ccc(-c2[c-]cccc2)nc1.[2H]c1c(C([2H])([2H])[2H])cnc(-c2[c-]ccc3c2oc2nc(C([2H])([2H])[2H])ccc23)c1[2H].[2H]c1c(C([2H])([2H])[2H])cnc(-c2cccc3c2oc2nc(C([2H])([2H])[2H])ccc23)c1[2H].[B][B].[Ir].[Ir]. The van der Waals surface area contributed by atoms with E-state index in [1.807, 2.05) is 101 Å². The Balaban J connectivity index is 0.000000660. The molecule has 0 amide bonds. The van der Waals surface area contributed by atoms with E-state index in [1.165, 1.54) is 23.3 Å². The van der Waals surface area contributed by atoms with Crippen LogP contribution in [0.3, 0.4) is 0 Å². The number of para-hydroxylation sites is 1. The molecule has 8 heterocycles. The van der Waals surface area contributed by atoms with Crippen LogP contribution >= 0.6 is 0 Å². The number of rotatable bonds is 4. The molecule has 12 rings (SSSR count). The van der Waals surface area contributed by atoms with E-state index in [2.05, 4.69) is 87.6 Å². The molecule has 8 aromatic heterocycles. The molecule has 0 bridgehead atoms. The Morgan fingerprint density at radius 2 is 0.965 bits per heavy atom. The summed E-state index contributed by atoms with van der Waals surface area (Å²) in [6, 6.07) is 46.0. The number of aryl methyl sites for hydroxylation is 6. The predicted molar refractivity (Wildman–Crippen MR) is 343 cm³/mol. The average molecular weight is 1540 g/mol. The Kier molecular flexibility index (Phi) is 24.3. The minimum Gasteiger partial charge on any atom is -0.748 e. The van der Waals surface area contributed by atoms with E-state index in [0.29, 0.717) is 38.9 Å². The van der Waals surface area contributed by atoms with Gasteiger partial charge in [-0.2, -0.15) is 0 Å². The number of nitrogens with zero attached hydrogens (tertiary/aromatic N) is 6. The van der Waals surface area contributed by atoms with E-state index < -0.39 is 49.6 Å². The monoisotopic (exact) mass is 1540 g/mol. The minimum absolute atomic E-state index is 0. The van der Waals surface area contributed by atoms with Gasteiger partial charge in [0.05, 0.1) is 26.9 Å². The van der Waals surface area contributed by atoms with Crippen LogP contribution in [0.15, 0.2) is 185 Å². The van der Waals surface area contributed by atoms with E-state index in [4.69, 9.17) is 54.0 Å². The van der Waals surface area contributed by atoms with Gasteiger partial charge < -0.3 is 38.6 Å². The zero-order chi connectivity index (χ0) is 74.4. The fourth-order valence-electron chi connectivity index (χ4n) is 6.93. The van der Waals surface area contributed by atoms with Gasteiger partial charge in [0, 0.05) is 151 Å². The molecular formula is C68H68B2Ir2N6O7S-4. The van der Waals surface area contributed by atoms with E-state index in [9.17, 15) is 0 Å². The summed E-state index contributed by atoms with van der Waals surface area (Å²) in [6.07, 6.45) is 6.48. The smallest absolute Gasteiger partial charge is 0.227 e. The first kappa shape index (κ1) is 52.5. The Hall–Kier alpha value is -7.80. The summed E-state index contributed by atoms with van der Waals surface area (Å²) >= 11 is 0. The molecule has 86 heavy (non-hydrogen) atoms. The standard InChI is InChI=1S/C18H14N2O.C18H13N2O.2C12H10N.C4H6.CH4O3S.2CH4O.CH4.B2.2Ir/c2*1-11-6-9-16(19-10-11)15-5-3-4-13-14-8-7-12(2)20-18(14)21-17(13)15;2*1-10-7-8-12(13-9-10)11-5-3-2-4-6-11;1-3-4-2;1-5(2,3)4;2*1-2;;1-2;;/h3-10H,1-2H3;3-4,6-10H,1-2H3;2*2-5,7-9H,1H3;1-2H3;1H3,(H,2,3,4);2*2H,1H3;1H4;;;/q;3*-1;;;;;;;;/p-1/i2*1D3,2D3,6D,9D;;;;;;;;;;. The second kappa shape index (κ2) is 39.7. The maximum atomic E-state index is 9.08. The third kappa shape index (κ3) is 23.6. The van der Waals surface area contributed by atoms with Crippen LogP contribution in [-0.2, 0) is 50.3 Å². The Morgan fingerprint density at radius 1 is 0.523 bits per heavy atom. The van der Waals surface area contributed by atoms with Crippen LogP contribution in [0.2, 0.25) is 0 Å². The number of aromatic nitrogens is 6. The summed E-state index contributed by atoms with van der Waals surface area (Å²) in [5.41, 5.74) is 7.26. The zero-order valence-corrected chi connectivity index (χ0v) is 52.4. The fraction of sp³-hybridized carbons (Fsp3) is 0.176. The number of pyridine rings is 6. The molecule has 0 aliphatic rings. The van der Waals surface area contributed by atoms with Crippen LogP contribution in [0.4, 0.5) is 0 Å². The second-order valence-electron chi connectivity index (χ2n) is 16.3. The first-order valence-corrected chi connectivity index (χ1v) is 26.2. The number of fused-ring (bicyclic) bond motifs is 6. The van der Waals surface area contributed by atoms with Crippen LogP contribution in [0.5, 0.6) is 0 Å². The van der Waals surface area contributed by atoms with Crippen molar-refractivity contribution in [3.63, 3.8) is 0 Å². The van der Waals surface area contributed by atoms with Gasteiger partial charge in [0.1, 0.15) is 5.58 Å². The van der Waals surface area contributed by atoms with E-state index in [1.54, 1.807) is 42.5 Å². The Morgan fingerprint density at radius 3 is 1.40 bits per heavy atom. The summed E-state index contributed by atoms with van der Waals surface area (Å²) in [6.45, 7) is -2.15. The van der Waals surface area contributed by atoms with Gasteiger partial charge in [-0.25, -0.2) is 18.4 Å². The number of hydrogen-bond acceptors (Lipinski definition) is 13. The molecule has 0 fully saturated rings. The summed E-state index contributed by atoms with van der Waals surface area (Å²) in [7, 11) is 6.08. The molecule has 0 unspecified atom stereocenters. The molecule has 0 aliphatic heterocycles. The summed E-state index contributed by atoms with van der Waals surface area (Å²) in [4.78, 5) is 25.0. The van der Waals surface area contributed by atoms with Crippen LogP contribution < -0.4 is 0 Å². The molecule has 4 aromatic carbocycles. The van der Waals surface area contributed by atoms with Gasteiger partial charge in [0.15, 0.2) is 0 Å². The zero-order valence-electron chi connectivity index (χ0n) is 62.8. The molecule has 18 heteroatoms. The molecule has 6 radical (unpaired) electrons. The van der Waals surface area contributed by atoms with Crippen molar-refractivity contribution in [3.8, 4) is 56.9 Å². The van der Waals surface area contributed by atoms with Crippen molar-refractivity contribution in [2.24, 2.45) is 0 Å². The fourth-order valence-corrected chi connectivity index (χ4v) is 6.93. The largest absolute Gasteiger partial charge is 0.748 e. The van der Waals surface area contributed by atoms with Crippen molar-refractivity contribution < 1.29 is 94.2 Å². The van der Waals surface area contributed by atoms with Crippen molar-refractivity contribution >= 4 is 69.7 Å². The van der Waals surface area contributed by atoms with Gasteiger partial charge in [0.2, 0.25) is 11.4 Å². The van der Waals surface area contributed by atoms with Crippen molar-refractivity contribution in [3.05, 3.63) is 228 Å². The van der Waals surface area contributed by atoms with Gasteiger partial charge >= 0.3 is 0 Å². The Labute approximate surface area is 559 Å². The van der Waals surface area contributed by atoms with Gasteiger partial charge in [-0.1, -0.05) is 72.9 Å². The predicted octanol–water partition coefficient (Wildman–Crippen LogP) is 14.1. The Bertz CT molecular complexity index is 4510. The minimum atomic E-state index is -3.92. The molecular weight excluding hydrogens is 1450 g/mol. The van der Waals surface area contributed by atoms with Crippen LogP contribution in [-0.4, -0.2) is 89.0 Å². The van der Waals surface area contributed by atoms with Gasteiger partial charge in [-0.3, -0.25) is 4.98 Å². The normalized spacial score (nSPS) is 12.9. The first-order valence-electron chi connectivity index (χ1n) is 32.4. The van der Waals surface area contributed by atoms with E-state index in [0.717, 1.165) is 49.1 Å². The number of aliphatic hydroxyl groups excluding tert-OH is 2. The van der Waals surface area contributed by atoms with Crippen molar-refractivity contribution in [1.82, 2.24) is 29.9 Å². The number of aliphatic hydroxyl groups is 2. The van der Waals surface area contributed by atoms with E-state index >= 15 is 0 Å². The van der Waals surface area contributed by atoms with Crippen LogP contribution in [0.1, 0.15) is 76.8 Å². The summed E-state index contributed by atoms with van der Waals surface area (Å²) in [5.74, 6) is 5.36. The van der Waals surface area contributed by atoms with Gasteiger partial charge in [-0.05, 0) is 131 Å². The van der Waals surface area contributed by atoms with Crippen LogP contribution in [0, 0.1) is 71.3 Å². The average Bonchev–Trinajstić information content (AvgIpc) is 1.32. The topological polar surface area (TPSA) is 201 Å². The quantitative estimate of drug-likeness (QED) is 0.0730. The van der Waals surface area contributed by atoms with Crippen LogP contribution in [0.25, 0.3) is 89.2 Å². The molecule has 13 nitrogen and oxygen atoms in total. The molecule has 0 saturated heterocycles. The number of furan rings is 2. The third-order valence-corrected chi connectivity index (χ3v) is 10.5. The molecule has 0 saturated carbocycles. The molecule has 2 N–H and O–H groups in total. The number of benzene rings is 4. The van der Waals surface area contributed by atoms with Crippen molar-refractivity contribution in [2.45, 2.75) is 62.5 Å². The maximum Gasteiger partial charge on any atom is 0.227 e. The molecule has 0 spiro atoms. The third-order valence-electron chi connectivity index (χ3n) is 10.5. The van der Waals surface area contributed by atoms with Crippen molar-refractivity contribution in [2.75, 3.05) is 20.5 Å². The molecule has 446 valence electrons. The molecule has 0 atom stereocenters. The summed E-state index contributed by atoms with van der Waals surface area (Å²) in [5, 5.41) is 16.5. The first-order chi connectivity index (χ1) is 46.6. The van der Waals surface area contributed by atoms with E-state index in [-0.39, 0.29) is 116 Å². The van der Waals surface area contributed by atoms with Gasteiger partial charge in [0.25, 0.3) is 0 Å².